The third kappa shape index (κ3) is 2.57. The van der Waals surface area contributed by atoms with Gasteiger partial charge in [0.25, 0.3) is 5.91 Å². The molecule has 4 rings (SSSR count). The maximum Gasteiger partial charge on any atom is 0.251 e. The Balaban J connectivity index is 1.86. The molecule has 4 nitrogen and oxygen atoms in total. The molecule has 24 heavy (non-hydrogen) atoms. The Hall–Kier alpha value is -2.31. The molecule has 1 unspecified atom stereocenters. The molecule has 124 valence electrons. The lowest BCUT2D eigenvalue weighted by atomic mass is 9.91. The van der Waals surface area contributed by atoms with Crippen LogP contribution >= 0.6 is 0 Å². The summed E-state index contributed by atoms with van der Waals surface area (Å²) in [6.45, 7) is 2.31. The van der Waals surface area contributed by atoms with Gasteiger partial charge in [-0.05, 0) is 41.0 Å². The van der Waals surface area contributed by atoms with Crippen LogP contribution in [0.2, 0.25) is 0 Å². The van der Waals surface area contributed by atoms with E-state index in [9.17, 15) is 13.6 Å². The number of hydrogen-bond acceptors (Lipinski definition) is 3. The van der Waals surface area contributed by atoms with E-state index in [4.69, 9.17) is 4.74 Å². The molecule has 2 aliphatic rings. The average molecular weight is 330 g/mol. The predicted octanol–water partition coefficient (Wildman–Crippen LogP) is 2.54. The van der Waals surface area contributed by atoms with Gasteiger partial charge in [-0.25, -0.2) is 8.78 Å². The number of carbonyl (C=O) groups is 1. The van der Waals surface area contributed by atoms with Crippen molar-refractivity contribution in [2.45, 2.75) is 12.6 Å². The molecule has 2 heterocycles. The Kier molecular flexibility index (Phi) is 3.78. The quantitative estimate of drug-likeness (QED) is 0.890. The van der Waals surface area contributed by atoms with Gasteiger partial charge in [0.05, 0.1) is 19.3 Å². The van der Waals surface area contributed by atoms with Gasteiger partial charge in [0.1, 0.15) is 11.6 Å². The first-order valence-electron chi connectivity index (χ1n) is 7.85. The van der Waals surface area contributed by atoms with Crippen LogP contribution in [-0.2, 0) is 11.3 Å². The molecule has 0 spiro atoms. The highest BCUT2D eigenvalue weighted by Crippen LogP contribution is 2.33. The minimum Gasteiger partial charge on any atom is -0.378 e. The second kappa shape index (κ2) is 5.96. The van der Waals surface area contributed by atoms with Gasteiger partial charge >= 0.3 is 0 Å². The van der Waals surface area contributed by atoms with Crippen molar-refractivity contribution >= 4 is 5.91 Å². The second-order valence-corrected chi connectivity index (χ2v) is 5.98. The zero-order valence-electron chi connectivity index (χ0n) is 12.9. The number of hydrogen-bond donors (Lipinski definition) is 2. The minimum absolute atomic E-state index is 0.0522. The smallest absolute Gasteiger partial charge is 0.251 e. The van der Waals surface area contributed by atoms with Crippen molar-refractivity contribution in [3.8, 4) is 11.1 Å². The lowest BCUT2D eigenvalue weighted by molar-refractivity contribution is 0.0766. The summed E-state index contributed by atoms with van der Waals surface area (Å²) in [5.74, 6) is -1.45. The minimum atomic E-state index is -0.646. The van der Waals surface area contributed by atoms with Crippen molar-refractivity contribution < 1.29 is 18.3 Å². The van der Waals surface area contributed by atoms with Crippen LogP contribution < -0.4 is 10.6 Å². The summed E-state index contributed by atoms with van der Waals surface area (Å²) in [4.78, 5) is 12.1. The number of halogens is 2. The summed E-state index contributed by atoms with van der Waals surface area (Å²) in [6.07, 6.45) is 0. The average Bonchev–Trinajstić information content (AvgIpc) is 2.96. The lowest BCUT2D eigenvalue weighted by Gasteiger charge is -2.26. The summed E-state index contributed by atoms with van der Waals surface area (Å²) in [7, 11) is 0. The van der Waals surface area contributed by atoms with E-state index in [1.54, 1.807) is 6.07 Å². The van der Waals surface area contributed by atoms with E-state index in [-0.39, 0.29) is 17.5 Å². The monoisotopic (exact) mass is 330 g/mol. The fourth-order valence-corrected chi connectivity index (χ4v) is 3.31. The largest absolute Gasteiger partial charge is 0.378 e. The third-order valence-corrected chi connectivity index (χ3v) is 4.49. The van der Waals surface area contributed by atoms with E-state index in [1.807, 2.05) is 6.07 Å². The van der Waals surface area contributed by atoms with Gasteiger partial charge in [-0.2, -0.15) is 0 Å². The SMILES string of the molecule is O=C1NCc2c1cc(-c1ccc(F)cc1F)cc2C1COCCN1. The first-order chi connectivity index (χ1) is 11.6. The van der Waals surface area contributed by atoms with Crippen LogP contribution in [0.1, 0.15) is 27.5 Å². The van der Waals surface area contributed by atoms with Crippen LogP contribution in [0.25, 0.3) is 11.1 Å². The number of benzene rings is 2. The number of carbonyl (C=O) groups excluding carboxylic acids is 1. The Morgan fingerprint density at radius 2 is 2.00 bits per heavy atom. The van der Waals surface area contributed by atoms with E-state index < -0.39 is 11.6 Å². The molecular formula is C18H16F2N2O2. The zero-order chi connectivity index (χ0) is 16.7. The van der Waals surface area contributed by atoms with Gasteiger partial charge in [0, 0.05) is 30.3 Å². The van der Waals surface area contributed by atoms with Crippen molar-refractivity contribution in [2.75, 3.05) is 19.8 Å². The zero-order valence-corrected chi connectivity index (χ0v) is 12.9. The molecule has 1 saturated heterocycles. The molecule has 2 N–H and O–H groups in total. The van der Waals surface area contributed by atoms with E-state index >= 15 is 0 Å². The Morgan fingerprint density at radius 1 is 1.12 bits per heavy atom. The van der Waals surface area contributed by atoms with Crippen LogP contribution in [0.3, 0.4) is 0 Å². The Labute approximate surface area is 137 Å². The fourth-order valence-electron chi connectivity index (χ4n) is 3.31. The summed E-state index contributed by atoms with van der Waals surface area (Å²) in [5, 5.41) is 6.17. The van der Waals surface area contributed by atoms with Crippen molar-refractivity contribution in [1.29, 1.82) is 0 Å². The standard InChI is InChI=1S/C18H16F2N2O2/c19-11-1-2-12(16(20)7-11)10-5-13(17-9-24-4-3-21-17)15-8-22-18(23)14(15)6-10/h1-2,5-7,17,21H,3-4,8-9H2,(H,22,23). The highest BCUT2D eigenvalue weighted by molar-refractivity contribution is 6.00. The second-order valence-electron chi connectivity index (χ2n) is 5.98. The van der Waals surface area contributed by atoms with Gasteiger partial charge in [-0.1, -0.05) is 0 Å². The van der Waals surface area contributed by atoms with Crippen LogP contribution in [0.4, 0.5) is 8.78 Å². The van der Waals surface area contributed by atoms with Crippen LogP contribution in [-0.4, -0.2) is 25.7 Å². The molecule has 0 aliphatic carbocycles. The van der Waals surface area contributed by atoms with E-state index in [1.165, 1.54) is 12.1 Å². The number of amides is 1. The number of fused-ring (bicyclic) bond motifs is 1. The van der Waals surface area contributed by atoms with Crippen LogP contribution in [0, 0.1) is 11.6 Å². The molecule has 6 heteroatoms. The number of morpholine rings is 1. The molecule has 2 aliphatic heterocycles. The summed E-state index contributed by atoms with van der Waals surface area (Å²) in [5.41, 5.74) is 3.21. The Bertz CT molecular complexity index is 817. The van der Waals surface area contributed by atoms with Crippen molar-refractivity contribution in [3.63, 3.8) is 0 Å². The van der Waals surface area contributed by atoms with Crippen LogP contribution in [0.15, 0.2) is 30.3 Å². The van der Waals surface area contributed by atoms with Gasteiger partial charge < -0.3 is 15.4 Å². The normalized spacial score (nSPS) is 19.9. The molecule has 1 amide bonds. The number of rotatable bonds is 2. The summed E-state index contributed by atoms with van der Waals surface area (Å²) >= 11 is 0. The van der Waals surface area contributed by atoms with E-state index in [0.29, 0.717) is 30.9 Å². The Morgan fingerprint density at radius 3 is 2.75 bits per heavy atom. The van der Waals surface area contributed by atoms with Gasteiger partial charge in [-0.15, -0.1) is 0 Å². The van der Waals surface area contributed by atoms with E-state index in [0.717, 1.165) is 23.7 Å². The molecule has 0 bridgehead atoms. The number of nitrogens with one attached hydrogen (secondary N) is 2. The van der Waals surface area contributed by atoms with Gasteiger partial charge in [0.2, 0.25) is 0 Å². The predicted molar refractivity (Wildman–Crippen MR) is 84.5 cm³/mol. The first kappa shape index (κ1) is 15.2. The maximum absolute atomic E-state index is 14.2. The molecule has 2 aromatic rings. The molecule has 0 saturated carbocycles. The van der Waals surface area contributed by atoms with Gasteiger partial charge in [-0.3, -0.25) is 4.79 Å². The summed E-state index contributed by atoms with van der Waals surface area (Å²) in [6, 6.07) is 6.94. The molecular weight excluding hydrogens is 314 g/mol. The molecule has 1 fully saturated rings. The van der Waals surface area contributed by atoms with Crippen LogP contribution in [0.5, 0.6) is 0 Å². The fraction of sp³-hybridized carbons (Fsp3) is 0.278. The molecule has 1 atom stereocenters. The topological polar surface area (TPSA) is 50.4 Å². The maximum atomic E-state index is 14.2. The third-order valence-electron chi connectivity index (χ3n) is 4.49. The highest BCUT2D eigenvalue weighted by atomic mass is 19.1. The number of ether oxygens (including phenoxy) is 1. The van der Waals surface area contributed by atoms with Gasteiger partial charge in [0.15, 0.2) is 0 Å². The van der Waals surface area contributed by atoms with E-state index in [2.05, 4.69) is 10.6 Å². The summed E-state index contributed by atoms with van der Waals surface area (Å²) < 4.78 is 32.9. The molecule has 0 radical (unpaired) electrons. The molecule has 0 aromatic heterocycles. The highest BCUT2D eigenvalue weighted by Gasteiger charge is 2.28. The lowest BCUT2D eigenvalue weighted by Crippen LogP contribution is -2.35. The van der Waals surface area contributed by atoms with Crippen molar-refractivity contribution in [3.05, 3.63) is 58.7 Å². The molecule has 2 aromatic carbocycles. The van der Waals surface area contributed by atoms with Crippen molar-refractivity contribution in [1.82, 2.24) is 10.6 Å². The first-order valence-corrected chi connectivity index (χ1v) is 7.85. The van der Waals surface area contributed by atoms with Crippen molar-refractivity contribution in [2.24, 2.45) is 0 Å².